The summed E-state index contributed by atoms with van der Waals surface area (Å²) >= 11 is 0. The summed E-state index contributed by atoms with van der Waals surface area (Å²) in [5.41, 5.74) is 0.483. The number of amides is 1. The van der Waals surface area contributed by atoms with Gasteiger partial charge >= 0.3 is 5.97 Å². The lowest BCUT2D eigenvalue weighted by molar-refractivity contribution is -0.138. The van der Waals surface area contributed by atoms with E-state index >= 15 is 0 Å². The van der Waals surface area contributed by atoms with Crippen LogP contribution in [0, 0.1) is 5.41 Å². The number of carbonyl (C=O) groups excluding carboxylic acids is 1. The van der Waals surface area contributed by atoms with E-state index in [4.69, 9.17) is 5.11 Å². The van der Waals surface area contributed by atoms with Crippen LogP contribution in [0.5, 0.6) is 0 Å². The lowest BCUT2D eigenvalue weighted by atomic mass is 9.75. The quantitative estimate of drug-likeness (QED) is 0.874. The normalized spacial score (nSPS) is 18.7. The van der Waals surface area contributed by atoms with Crippen LogP contribution in [0.4, 0.5) is 0 Å². The van der Waals surface area contributed by atoms with Gasteiger partial charge < -0.3 is 10.4 Å². The fourth-order valence-corrected chi connectivity index (χ4v) is 3.00. The van der Waals surface area contributed by atoms with Crippen LogP contribution in [-0.4, -0.2) is 17.0 Å². The Hall–Kier alpha value is -1.84. The lowest BCUT2D eigenvalue weighted by Gasteiger charge is -2.33. The van der Waals surface area contributed by atoms with E-state index in [1.54, 1.807) is 0 Å². The van der Waals surface area contributed by atoms with Gasteiger partial charge in [0, 0.05) is 5.41 Å². The number of carboxylic acid groups (broad SMARTS) is 1. The molecule has 0 saturated heterocycles. The van der Waals surface area contributed by atoms with Gasteiger partial charge in [-0.2, -0.15) is 0 Å². The first kappa shape index (κ1) is 15.5. The van der Waals surface area contributed by atoms with Crippen molar-refractivity contribution < 1.29 is 14.7 Å². The highest BCUT2D eigenvalue weighted by atomic mass is 16.4. The number of nitrogens with one attached hydrogen (secondary N) is 1. The monoisotopic (exact) mass is 289 g/mol. The average Bonchev–Trinajstić information content (AvgIpc) is 2.47. The Kier molecular flexibility index (Phi) is 4.99. The molecule has 1 unspecified atom stereocenters. The van der Waals surface area contributed by atoms with Crippen molar-refractivity contribution >= 4 is 11.9 Å². The molecule has 0 bridgehead atoms. The van der Waals surface area contributed by atoms with Crippen molar-refractivity contribution in [3.63, 3.8) is 0 Å². The molecule has 0 spiro atoms. The maximum atomic E-state index is 12.6. The van der Waals surface area contributed by atoms with Gasteiger partial charge in [-0.25, -0.2) is 0 Å². The van der Waals surface area contributed by atoms with Crippen molar-refractivity contribution in [2.24, 2.45) is 5.41 Å². The molecule has 1 atom stereocenters. The number of carboxylic acids is 1. The predicted octanol–water partition coefficient (Wildman–Crippen LogP) is 3.29. The molecular formula is C17H23NO3. The van der Waals surface area contributed by atoms with Crippen LogP contribution in [0.1, 0.15) is 57.1 Å². The van der Waals surface area contributed by atoms with Crippen molar-refractivity contribution in [3.8, 4) is 0 Å². The molecule has 0 aliphatic heterocycles. The molecule has 0 aromatic heterocycles. The molecule has 2 rings (SSSR count). The van der Waals surface area contributed by atoms with Crippen molar-refractivity contribution in [3.05, 3.63) is 35.9 Å². The zero-order chi connectivity index (χ0) is 15.3. The standard InChI is InChI=1S/C17H23NO3/c1-17(10-6-3-7-11-17)16(21)18-14(12-15(19)20)13-8-4-2-5-9-13/h2,4-5,8-9,14H,3,6-7,10-12H2,1H3,(H,18,21)(H,19,20). The number of hydrogen-bond acceptors (Lipinski definition) is 2. The first-order chi connectivity index (χ1) is 10.0. The molecule has 0 radical (unpaired) electrons. The molecule has 1 aliphatic rings. The summed E-state index contributed by atoms with van der Waals surface area (Å²) < 4.78 is 0. The fraction of sp³-hybridized carbons (Fsp3) is 0.529. The van der Waals surface area contributed by atoms with Gasteiger partial charge in [0.1, 0.15) is 0 Å². The smallest absolute Gasteiger partial charge is 0.305 e. The van der Waals surface area contributed by atoms with E-state index in [1.807, 2.05) is 37.3 Å². The summed E-state index contributed by atoms with van der Waals surface area (Å²) in [6.07, 6.45) is 4.99. The summed E-state index contributed by atoms with van der Waals surface area (Å²) in [7, 11) is 0. The number of rotatable bonds is 5. The highest BCUT2D eigenvalue weighted by molar-refractivity contribution is 5.83. The van der Waals surface area contributed by atoms with E-state index in [2.05, 4.69) is 5.32 Å². The summed E-state index contributed by atoms with van der Waals surface area (Å²) in [6, 6.07) is 8.85. The van der Waals surface area contributed by atoms with Gasteiger partial charge in [-0.15, -0.1) is 0 Å². The molecule has 1 saturated carbocycles. The Bertz CT molecular complexity index is 492. The maximum Gasteiger partial charge on any atom is 0.305 e. The Morgan fingerprint density at radius 1 is 1.19 bits per heavy atom. The third-order valence-electron chi connectivity index (χ3n) is 4.39. The Labute approximate surface area is 125 Å². The SMILES string of the molecule is CC1(C(=O)NC(CC(=O)O)c2ccccc2)CCCCC1. The van der Waals surface area contributed by atoms with E-state index in [-0.39, 0.29) is 17.7 Å². The minimum atomic E-state index is -0.905. The Morgan fingerprint density at radius 3 is 2.38 bits per heavy atom. The van der Waals surface area contributed by atoms with E-state index in [9.17, 15) is 9.59 Å². The predicted molar refractivity (Wildman–Crippen MR) is 80.8 cm³/mol. The van der Waals surface area contributed by atoms with Gasteiger partial charge in [-0.05, 0) is 18.4 Å². The van der Waals surface area contributed by atoms with Crippen molar-refractivity contribution in [2.45, 2.75) is 51.5 Å². The molecule has 4 nitrogen and oxygen atoms in total. The van der Waals surface area contributed by atoms with Crippen molar-refractivity contribution in [1.82, 2.24) is 5.32 Å². The number of aliphatic carboxylic acids is 1. The van der Waals surface area contributed by atoms with Crippen LogP contribution in [0.15, 0.2) is 30.3 Å². The van der Waals surface area contributed by atoms with Crippen LogP contribution >= 0.6 is 0 Å². The number of hydrogen-bond donors (Lipinski definition) is 2. The average molecular weight is 289 g/mol. The summed E-state index contributed by atoms with van der Waals surface area (Å²) in [6.45, 7) is 1.99. The molecule has 0 heterocycles. The second-order valence-corrected chi connectivity index (χ2v) is 6.16. The van der Waals surface area contributed by atoms with E-state index < -0.39 is 12.0 Å². The minimum Gasteiger partial charge on any atom is -0.481 e. The van der Waals surface area contributed by atoms with Crippen molar-refractivity contribution in [2.75, 3.05) is 0 Å². The second-order valence-electron chi connectivity index (χ2n) is 6.16. The van der Waals surface area contributed by atoms with Crippen LogP contribution in [-0.2, 0) is 9.59 Å². The number of carbonyl (C=O) groups is 2. The molecule has 2 N–H and O–H groups in total. The zero-order valence-corrected chi connectivity index (χ0v) is 12.5. The molecule has 1 aliphatic carbocycles. The van der Waals surface area contributed by atoms with Gasteiger partial charge in [-0.1, -0.05) is 56.5 Å². The van der Waals surface area contributed by atoms with Gasteiger partial charge in [-0.3, -0.25) is 9.59 Å². The number of benzene rings is 1. The van der Waals surface area contributed by atoms with E-state index in [1.165, 1.54) is 6.42 Å². The molecule has 1 aromatic carbocycles. The van der Waals surface area contributed by atoms with Crippen LogP contribution < -0.4 is 5.32 Å². The Balaban J connectivity index is 2.11. The van der Waals surface area contributed by atoms with Crippen LogP contribution in [0.3, 0.4) is 0 Å². The molecule has 21 heavy (non-hydrogen) atoms. The summed E-state index contributed by atoms with van der Waals surface area (Å²) in [4.78, 5) is 23.7. The molecular weight excluding hydrogens is 266 g/mol. The third-order valence-corrected chi connectivity index (χ3v) is 4.39. The largest absolute Gasteiger partial charge is 0.481 e. The minimum absolute atomic E-state index is 0.0164. The molecule has 1 amide bonds. The van der Waals surface area contributed by atoms with E-state index in [0.717, 1.165) is 31.2 Å². The topological polar surface area (TPSA) is 66.4 Å². The third kappa shape index (κ3) is 4.06. The highest BCUT2D eigenvalue weighted by Gasteiger charge is 2.35. The maximum absolute atomic E-state index is 12.6. The first-order valence-electron chi connectivity index (χ1n) is 7.59. The molecule has 1 fully saturated rings. The molecule has 4 heteroatoms. The summed E-state index contributed by atoms with van der Waals surface area (Å²) in [5, 5.41) is 12.0. The highest BCUT2D eigenvalue weighted by Crippen LogP contribution is 2.36. The summed E-state index contributed by atoms with van der Waals surface area (Å²) in [5.74, 6) is -0.921. The van der Waals surface area contributed by atoms with Crippen molar-refractivity contribution in [1.29, 1.82) is 0 Å². The lowest BCUT2D eigenvalue weighted by Crippen LogP contribution is -2.42. The fourth-order valence-electron chi connectivity index (χ4n) is 3.00. The zero-order valence-electron chi connectivity index (χ0n) is 12.5. The van der Waals surface area contributed by atoms with Gasteiger partial charge in [0.25, 0.3) is 0 Å². The Morgan fingerprint density at radius 2 is 1.81 bits per heavy atom. The molecule has 114 valence electrons. The molecule has 1 aromatic rings. The van der Waals surface area contributed by atoms with Crippen LogP contribution in [0.25, 0.3) is 0 Å². The van der Waals surface area contributed by atoms with Gasteiger partial charge in [0.2, 0.25) is 5.91 Å². The van der Waals surface area contributed by atoms with Gasteiger partial charge in [0.15, 0.2) is 0 Å². The van der Waals surface area contributed by atoms with E-state index in [0.29, 0.717) is 0 Å². The second kappa shape index (κ2) is 6.74. The van der Waals surface area contributed by atoms with Crippen LogP contribution in [0.2, 0.25) is 0 Å². The first-order valence-corrected chi connectivity index (χ1v) is 7.59. The van der Waals surface area contributed by atoms with Gasteiger partial charge in [0.05, 0.1) is 12.5 Å².